The first kappa shape index (κ1) is 16.0. The Morgan fingerprint density at radius 1 is 1.32 bits per heavy atom. The van der Waals surface area contributed by atoms with E-state index < -0.39 is 0 Å². The van der Waals surface area contributed by atoms with Crippen LogP contribution in [0, 0.1) is 5.92 Å². The lowest BCUT2D eigenvalue weighted by molar-refractivity contribution is 0.0584. The molecule has 1 N–H and O–H groups in total. The zero-order valence-corrected chi connectivity index (χ0v) is 13.8. The van der Waals surface area contributed by atoms with Gasteiger partial charge >= 0.3 is 0 Å². The fraction of sp³-hybridized carbons (Fsp3) is 0.824. The van der Waals surface area contributed by atoms with Crippen LogP contribution in [-0.4, -0.2) is 41.5 Å². The predicted molar refractivity (Wildman–Crippen MR) is 85.8 cm³/mol. The van der Waals surface area contributed by atoms with Crippen LogP contribution in [0.1, 0.15) is 51.5 Å². The number of aryl methyl sites for hydroxylation is 1. The van der Waals surface area contributed by atoms with Gasteiger partial charge in [0.1, 0.15) is 11.9 Å². The SMILES string of the molecule is CCn1ccnc1[C@H]1OCC[C@@H]1N[C@H](C)CC1CCOCC1. The zero-order chi connectivity index (χ0) is 15.4. The standard InChI is InChI=1S/C17H29N3O2/c1-3-20-8-7-18-17(20)16-15(6-11-22-16)19-13(2)12-14-4-9-21-10-5-14/h7-8,13-16,19H,3-6,9-12H2,1-2H3/t13-,15+,16+/m1/s1. The van der Waals surface area contributed by atoms with Gasteiger partial charge in [0.05, 0.1) is 0 Å². The van der Waals surface area contributed by atoms with Crippen LogP contribution < -0.4 is 5.32 Å². The summed E-state index contributed by atoms with van der Waals surface area (Å²) in [5.41, 5.74) is 0. The highest BCUT2D eigenvalue weighted by Crippen LogP contribution is 2.29. The van der Waals surface area contributed by atoms with Gasteiger partial charge in [0.2, 0.25) is 0 Å². The smallest absolute Gasteiger partial charge is 0.139 e. The second-order valence-corrected chi connectivity index (χ2v) is 6.62. The maximum atomic E-state index is 5.98. The molecular formula is C17H29N3O2. The van der Waals surface area contributed by atoms with Gasteiger partial charge in [0.25, 0.3) is 0 Å². The maximum absolute atomic E-state index is 5.98. The van der Waals surface area contributed by atoms with E-state index in [0.717, 1.165) is 44.5 Å². The molecule has 2 aliphatic heterocycles. The van der Waals surface area contributed by atoms with Crippen LogP contribution in [0.2, 0.25) is 0 Å². The Hall–Kier alpha value is -0.910. The van der Waals surface area contributed by atoms with Crippen LogP contribution in [0.5, 0.6) is 0 Å². The van der Waals surface area contributed by atoms with Crippen LogP contribution in [0.15, 0.2) is 12.4 Å². The Labute approximate surface area is 133 Å². The van der Waals surface area contributed by atoms with Gasteiger partial charge in [-0.1, -0.05) is 0 Å². The van der Waals surface area contributed by atoms with E-state index >= 15 is 0 Å². The van der Waals surface area contributed by atoms with Gasteiger partial charge in [-0.15, -0.1) is 0 Å². The highest BCUT2D eigenvalue weighted by Gasteiger charge is 2.33. The highest BCUT2D eigenvalue weighted by molar-refractivity contribution is 5.03. The Bertz CT molecular complexity index is 457. The minimum Gasteiger partial charge on any atom is -0.381 e. The maximum Gasteiger partial charge on any atom is 0.139 e. The van der Waals surface area contributed by atoms with Gasteiger partial charge < -0.3 is 19.4 Å². The molecule has 22 heavy (non-hydrogen) atoms. The van der Waals surface area contributed by atoms with E-state index in [4.69, 9.17) is 9.47 Å². The van der Waals surface area contributed by atoms with E-state index in [1.165, 1.54) is 19.3 Å². The van der Waals surface area contributed by atoms with Crippen molar-refractivity contribution in [2.24, 2.45) is 5.92 Å². The van der Waals surface area contributed by atoms with Gasteiger partial charge in [0, 0.05) is 50.8 Å². The van der Waals surface area contributed by atoms with E-state index in [-0.39, 0.29) is 6.10 Å². The van der Waals surface area contributed by atoms with Gasteiger partial charge in [-0.3, -0.25) is 0 Å². The van der Waals surface area contributed by atoms with Crippen molar-refractivity contribution in [1.82, 2.24) is 14.9 Å². The Morgan fingerprint density at radius 2 is 2.14 bits per heavy atom. The number of nitrogens with one attached hydrogen (secondary N) is 1. The van der Waals surface area contributed by atoms with Crippen molar-refractivity contribution < 1.29 is 9.47 Å². The monoisotopic (exact) mass is 307 g/mol. The summed E-state index contributed by atoms with van der Waals surface area (Å²) in [6.45, 7) is 8.08. The fourth-order valence-corrected chi connectivity index (χ4v) is 3.78. The summed E-state index contributed by atoms with van der Waals surface area (Å²) in [5.74, 6) is 1.87. The molecule has 0 aromatic carbocycles. The summed E-state index contributed by atoms with van der Waals surface area (Å²) >= 11 is 0. The van der Waals surface area contributed by atoms with Crippen LogP contribution in [-0.2, 0) is 16.0 Å². The minimum atomic E-state index is 0.0899. The molecule has 124 valence electrons. The highest BCUT2D eigenvalue weighted by atomic mass is 16.5. The van der Waals surface area contributed by atoms with E-state index in [2.05, 4.69) is 28.7 Å². The molecule has 0 radical (unpaired) electrons. The lowest BCUT2D eigenvalue weighted by Crippen LogP contribution is -2.40. The second kappa shape index (κ2) is 7.57. The average Bonchev–Trinajstić information content (AvgIpc) is 3.16. The molecule has 0 amide bonds. The van der Waals surface area contributed by atoms with Crippen LogP contribution in [0.4, 0.5) is 0 Å². The molecule has 3 rings (SSSR count). The number of aromatic nitrogens is 2. The van der Waals surface area contributed by atoms with E-state index in [1.807, 2.05) is 12.4 Å². The number of hydrogen-bond donors (Lipinski definition) is 1. The number of nitrogens with zero attached hydrogens (tertiary/aromatic N) is 2. The first-order valence-corrected chi connectivity index (χ1v) is 8.74. The van der Waals surface area contributed by atoms with Crippen molar-refractivity contribution in [3.05, 3.63) is 18.2 Å². The minimum absolute atomic E-state index is 0.0899. The first-order chi connectivity index (χ1) is 10.8. The van der Waals surface area contributed by atoms with Gasteiger partial charge in [-0.25, -0.2) is 4.98 Å². The van der Waals surface area contributed by atoms with Crippen LogP contribution in [0.3, 0.4) is 0 Å². The molecule has 0 bridgehead atoms. The molecule has 2 fully saturated rings. The fourth-order valence-electron chi connectivity index (χ4n) is 3.78. The summed E-state index contributed by atoms with van der Waals surface area (Å²) in [6, 6.07) is 0.893. The summed E-state index contributed by atoms with van der Waals surface area (Å²) in [4.78, 5) is 4.52. The molecule has 5 nitrogen and oxygen atoms in total. The molecule has 2 saturated heterocycles. The lowest BCUT2D eigenvalue weighted by Gasteiger charge is -2.28. The molecule has 1 aromatic heterocycles. The molecule has 0 saturated carbocycles. The second-order valence-electron chi connectivity index (χ2n) is 6.62. The molecule has 1 aromatic rings. The third-order valence-corrected chi connectivity index (χ3v) is 4.96. The lowest BCUT2D eigenvalue weighted by atomic mass is 9.92. The van der Waals surface area contributed by atoms with Gasteiger partial charge in [0.15, 0.2) is 0 Å². The molecule has 3 heterocycles. The van der Waals surface area contributed by atoms with Crippen molar-refractivity contribution >= 4 is 0 Å². The Kier molecular flexibility index (Phi) is 5.50. The molecule has 5 heteroatoms. The topological polar surface area (TPSA) is 48.3 Å². The molecule has 0 aliphatic carbocycles. The van der Waals surface area contributed by atoms with Crippen molar-refractivity contribution in [2.45, 2.75) is 64.3 Å². The molecule has 2 aliphatic rings. The van der Waals surface area contributed by atoms with Gasteiger partial charge in [-0.2, -0.15) is 0 Å². The third-order valence-electron chi connectivity index (χ3n) is 4.96. The van der Waals surface area contributed by atoms with Crippen molar-refractivity contribution in [3.8, 4) is 0 Å². The number of ether oxygens (including phenoxy) is 2. The van der Waals surface area contributed by atoms with Crippen molar-refractivity contribution in [1.29, 1.82) is 0 Å². The van der Waals surface area contributed by atoms with E-state index in [1.54, 1.807) is 0 Å². The summed E-state index contributed by atoms with van der Waals surface area (Å²) in [6.07, 6.45) is 8.72. The normalized spacial score (nSPS) is 28.1. The molecule has 0 unspecified atom stereocenters. The Balaban J connectivity index is 1.56. The number of imidazole rings is 1. The quantitative estimate of drug-likeness (QED) is 0.877. The first-order valence-electron chi connectivity index (χ1n) is 8.74. The molecular weight excluding hydrogens is 278 g/mol. The van der Waals surface area contributed by atoms with Crippen LogP contribution in [0.25, 0.3) is 0 Å². The predicted octanol–water partition coefficient (Wildman–Crippen LogP) is 2.53. The van der Waals surface area contributed by atoms with Crippen LogP contribution >= 0.6 is 0 Å². The van der Waals surface area contributed by atoms with E-state index in [0.29, 0.717) is 12.1 Å². The third kappa shape index (κ3) is 3.70. The number of rotatable bonds is 6. The summed E-state index contributed by atoms with van der Waals surface area (Å²) < 4.78 is 13.6. The summed E-state index contributed by atoms with van der Waals surface area (Å²) in [7, 11) is 0. The number of hydrogen-bond acceptors (Lipinski definition) is 4. The summed E-state index contributed by atoms with van der Waals surface area (Å²) in [5, 5.41) is 3.80. The molecule has 0 spiro atoms. The molecule has 3 atom stereocenters. The zero-order valence-electron chi connectivity index (χ0n) is 13.8. The van der Waals surface area contributed by atoms with Crippen molar-refractivity contribution in [3.63, 3.8) is 0 Å². The average molecular weight is 307 g/mol. The van der Waals surface area contributed by atoms with Crippen molar-refractivity contribution in [2.75, 3.05) is 19.8 Å². The van der Waals surface area contributed by atoms with Gasteiger partial charge in [-0.05, 0) is 45.4 Å². The van der Waals surface area contributed by atoms with E-state index in [9.17, 15) is 0 Å². The Morgan fingerprint density at radius 3 is 2.91 bits per heavy atom. The largest absolute Gasteiger partial charge is 0.381 e.